The van der Waals surface area contributed by atoms with E-state index in [1.54, 1.807) is 11.1 Å². The van der Waals surface area contributed by atoms with Crippen molar-refractivity contribution in [2.75, 3.05) is 15.1 Å². The van der Waals surface area contributed by atoms with Gasteiger partial charge in [-0.2, -0.15) is 0 Å². The van der Waals surface area contributed by atoms with Crippen molar-refractivity contribution in [2.24, 2.45) is 0 Å². The first kappa shape index (κ1) is 95.7. The Labute approximate surface area is 816 Å². The molecule has 6 heteroatoms. The molecule has 0 aromatic heterocycles. The van der Waals surface area contributed by atoms with Crippen molar-refractivity contribution in [1.29, 1.82) is 0 Å². The zero-order chi connectivity index (χ0) is 91.1. The molecule has 0 saturated carbocycles. The number of hydrogen-bond donors (Lipinski definition) is 1. The minimum Gasteiger partial charge on any atom is -0.356 e. The first-order valence-corrected chi connectivity index (χ1v) is 52.1. The summed E-state index contributed by atoms with van der Waals surface area (Å²) in [5.41, 5.74) is 35.3. The molecule has 2 aliphatic rings. The second-order valence-corrected chi connectivity index (χ2v) is 39.6. The summed E-state index contributed by atoms with van der Waals surface area (Å²) in [4.78, 5) is 4.68. The summed E-state index contributed by atoms with van der Waals surface area (Å²) < 4.78 is 3.29. The van der Waals surface area contributed by atoms with Crippen LogP contribution in [-0.4, -0.2) is 0 Å². The van der Waals surface area contributed by atoms with Gasteiger partial charge in [0, 0.05) is 69.7 Å². The smallest absolute Gasteiger partial charge is 0.0462 e. The summed E-state index contributed by atoms with van der Waals surface area (Å²) >= 11 is 10.6. The highest BCUT2D eigenvalue weighted by Crippen LogP contribution is 2.58. The molecule has 0 atom stereocenters. The molecular formula is C126H134Br3N3. The van der Waals surface area contributed by atoms with Gasteiger partial charge in [-0.3, -0.25) is 0 Å². The summed E-state index contributed by atoms with van der Waals surface area (Å²) in [6.07, 6.45) is 37.3. The van der Waals surface area contributed by atoms with Crippen LogP contribution < -0.4 is 15.1 Å². The van der Waals surface area contributed by atoms with E-state index in [4.69, 9.17) is 0 Å². The Kier molecular flexibility index (Phi) is 35.3. The van der Waals surface area contributed by atoms with E-state index in [2.05, 4.69) is 449 Å². The molecule has 0 amide bonds. The number of aryl methyl sites for hydroxylation is 1. The Morgan fingerprint density at radius 3 is 0.765 bits per heavy atom. The second kappa shape index (κ2) is 48.7. The topological polar surface area (TPSA) is 18.5 Å². The van der Waals surface area contributed by atoms with Gasteiger partial charge < -0.3 is 15.1 Å². The monoisotopic (exact) mass is 1930 g/mol. The number of benzene rings is 15. The Balaban J connectivity index is 0.000000190. The van der Waals surface area contributed by atoms with E-state index in [-0.39, 0.29) is 10.8 Å². The molecule has 1 N–H and O–H groups in total. The molecule has 15 aromatic carbocycles. The summed E-state index contributed by atoms with van der Waals surface area (Å²) in [5, 5.41) is 3.56. The molecule has 15 aromatic rings. The molecule has 132 heavy (non-hydrogen) atoms. The largest absolute Gasteiger partial charge is 0.356 e. The maximum Gasteiger partial charge on any atom is 0.0462 e. The number of anilines is 8. The minimum atomic E-state index is -0.0521. The van der Waals surface area contributed by atoms with Gasteiger partial charge in [0.15, 0.2) is 0 Å². The van der Waals surface area contributed by atoms with Gasteiger partial charge in [0.05, 0.1) is 0 Å². The summed E-state index contributed by atoms with van der Waals surface area (Å²) in [7, 11) is 0. The molecule has 0 heterocycles. The van der Waals surface area contributed by atoms with Crippen LogP contribution in [0.2, 0.25) is 0 Å². The van der Waals surface area contributed by atoms with E-state index >= 15 is 0 Å². The Morgan fingerprint density at radius 1 is 0.220 bits per heavy atom. The number of hydrogen-bond acceptors (Lipinski definition) is 3. The highest BCUT2D eigenvalue weighted by atomic mass is 79.9. The van der Waals surface area contributed by atoms with Crippen LogP contribution in [0.4, 0.5) is 45.5 Å². The maximum atomic E-state index is 3.65. The normalized spacial score (nSPS) is 12.3. The lowest BCUT2D eigenvalue weighted by Gasteiger charge is -2.33. The fraction of sp³-hybridized carbons (Fsp3) is 0.286. The lowest BCUT2D eigenvalue weighted by molar-refractivity contribution is 0.398. The van der Waals surface area contributed by atoms with Gasteiger partial charge >= 0.3 is 0 Å². The number of rotatable bonds is 42. The lowest BCUT2D eigenvalue weighted by Crippen LogP contribution is -2.25. The summed E-state index contributed by atoms with van der Waals surface area (Å²) in [6, 6.07) is 135. The molecular weight excluding hydrogens is 1800 g/mol. The van der Waals surface area contributed by atoms with Crippen LogP contribution in [0, 0.1) is 6.92 Å². The number of para-hydroxylation sites is 3. The molecule has 674 valence electrons. The molecule has 2 aliphatic carbocycles. The first-order chi connectivity index (χ1) is 64.9. The lowest BCUT2D eigenvalue weighted by atomic mass is 9.70. The van der Waals surface area contributed by atoms with E-state index in [0.717, 1.165) is 65.3 Å². The Bertz CT molecular complexity index is 5640. The number of nitrogens with zero attached hydrogens (tertiary/aromatic N) is 2. The van der Waals surface area contributed by atoms with E-state index in [9.17, 15) is 0 Å². The highest BCUT2D eigenvalue weighted by Gasteiger charge is 2.45. The predicted molar refractivity (Wildman–Crippen MR) is 582 cm³/mol. The molecule has 0 radical (unpaired) electrons. The van der Waals surface area contributed by atoms with Crippen molar-refractivity contribution >= 4 is 93.3 Å². The molecule has 0 unspecified atom stereocenters. The summed E-state index contributed by atoms with van der Waals surface area (Å²) in [5.74, 6) is 0. The van der Waals surface area contributed by atoms with Gasteiger partial charge in [-0.25, -0.2) is 0 Å². The quantitative estimate of drug-likeness (QED) is 0.0385. The van der Waals surface area contributed by atoms with Crippen LogP contribution in [0.5, 0.6) is 0 Å². The van der Waals surface area contributed by atoms with Crippen molar-refractivity contribution in [3.05, 3.63) is 416 Å². The van der Waals surface area contributed by atoms with Crippen LogP contribution in [0.1, 0.15) is 246 Å². The average Bonchev–Trinajstić information content (AvgIpc) is 1.56. The molecule has 0 saturated heterocycles. The fourth-order valence-electron chi connectivity index (χ4n) is 20.3. The number of nitrogens with one attached hydrogen (secondary N) is 1. The number of halogens is 3. The molecule has 0 fully saturated rings. The Morgan fingerprint density at radius 2 is 0.455 bits per heavy atom. The van der Waals surface area contributed by atoms with Crippen molar-refractivity contribution < 1.29 is 0 Å². The molecule has 3 nitrogen and oxygen atoms in total. The highest BCUT2D eigenvalue weighted by molar-refractivity contribution is 9.11. The van der Waals surface area contributed by atoms with Gasteiger partial charge in [-0.15, -0.1) is 0 Å². The zero-order valence-electron chi connectivity index (χ0n) is 78.7. The fourth-order valence-corrected chi connectivity index (χ4v) is 21.1. The van der Waals surface area contributed by atoms with E-state index in [1.165, 1.54) is 274 Å². The SMILES string of the molecule is CCCCCCCCC1(CCCCCCCC)c2cc(-c3ccc(Cc4ccccc4)cc3)ccc2-c2ccc(-c3ccc(Nc4ccccc4)cc3)cc21.CCCCCCCCC1(CCCCCCCC)c2cc(-c3ccc(N(c4ccccc4)c4ccc(Br)cc4)cc3)ccc2-c2ccc(-c3ccc(N(c4ccccc4)c4ccc(Br)cc4)cc3)cc21.Cc1ccc(Br)cc1. The van der Waals surface area contributed by atoms with Crippen molar-refractivity contribution in [2.45, 2.75) is 232 Å². The van der Waals surface area contributed by atoms with Crippen LogP contribution >= 0.6 is 47.8 Å². The third kappa shape index (κ3) is 24.8. The van der Waals surface area contributed by atoms with Crippen LogP contribution in [0.25, 0.3) is 66.8 Å². The van der Waals surface area contributed by atoms with Gasteiger partial charge in [-0.05, 0) is 297 Å². The molecule has 0 aliphatic heterocycles. The van der Waals surface area contributed by atoms with Crippen molar-refractivity contribution in [3.63, 3.8) is 0 Å². The van der Waals surface area contributed by atoms with Crippen LogP contribution in [0.3, 0.4) is 0 Å². The third-order valence-electron chi connectivity index (χ3n) is 27.5. The van der Waals surface area contributed by atoms with E-state index in [0.29, 0.717) is 0 Å². The van der Waals surface area contributed by atoms with Crippen LogP contribution in [-0.2, 0) is 17.3 Å². The minimum absolute atomic E-state index is 0.0221. The third-order valence-corrected chi connectivity index (χ3v) is 29.1. The van der Waals surface area contributed by atoms with Gasteiger partial charge in [0.25, 0.3) is 0 Å². The second-order valence-electron chi connectivity index (χ2n) is 36.9. The van der Waals surface area contributed by atoms with Crippen molar-refractivity contribution in [3.8, 4) is 66.8 Å². The standard InChI is InChI=1S/C65H66Br2N2.C54H61N.C7H7Br/c1-3-5-7-9-11-19-45-65(46-20-12-10-8-6-4-2)63-47-51(49-25-35-57(36-26-49)68(55-21-15-13-16-22-55)59-39-31-53(66)32-40-59)29-43-61(63)62-44-30-52(48-64(62)65)50-27-37-58(38-28-50)69(56-23-17-14-18-24-56)60-41-33-54(67)34-42-60;1-3-5-7-9-11-19-37-54(38-20-12-10-8-6-4-2)52-40-46(44-27-25-43(26-28-44)39-42-21-15-13-16-22-42)31-35-50(52)51-36-32-47(41-53(51)54)45-29-33-49(34-30-45)55-48-23-17-14-18-24-48;1-6-2-4-7(8)5-3-6/h13-18,21-44,47-48H,3-12,19-20,45-46H2,1-2H3;13-18,21-36,40-41,55H,3-12,19-20,37-39H2,1-2H3;2-5H,1H3. The van der Waals surface area contributed by atoms with E-state index in [1.807, 2.05) is 12.1 Å². The molecule has 0 spiro atoms. The van der Waals surface area contributed by atoms with Gasteiger partial charge in [0.2, 0.25) is 0 Å². The maximum absolute atomic E-state index is 3.65. The molecule has 17 rings (SSSR count). The summed E-state index contributed by atoms with van der Waals surface area (Å²) in [6.45, 7) is 11.4. The number of fused-ring (bicyclic) bond motifs is 6. The number of unbranched alkanes of at least 4 members (excludes halogenated alkanes) is 20. The van der Waals surface area contributed by atoms with Crippen molar-refractivity contribution in [1.82, 2.24) is 0 Å². The molecule has 0 bridgehead atoms. The average molecular weight is 1930 g/mol. The predicted octanol–water partition coefficient (Wildman–Crippen LogP) is 40.1. The van der Waals surface area contributed by atoms with Gasteiger partial charge in [-0.1, -0.05) is 441 Å². The van der Waals surface area contributed by atoms with Crippen LogP contribution in [0.15, 0.2) is 377 Å². The Hall–Kier alpha value is -10.9. The zero-order valence-corrected chi connectivity index (χ0v) is 83.4. The van der Waals surface area contributed by atoms with Gasteiger partial charge in [0.1, 0.15) is 0 Å². The van der Waals surface area contributed by atoms with E-state index < -0.39 is 0 Å². The first-order valence-electron chi connectivity index (χ1n) is 49.7.